The van der Waals surface area contributed by atoms with Gasteiger partial charge in [0.1, 0.15) is 0 Å². The molecule has 0 radical (unpaired) electrons. The van der Waals surface area contributed by atoms with Crippen molar-refractivity contribution in [3.8, 4) is 0 Å². The molecule has 1 heterocycles. The molecule has 1 amide bonds. The van der Waals surface area contributed by atoms with Crippen molar-refractivity contribution in [2.45, 2.75) is 25.3 Å². The van der Waals surface area contributed by atoms with Gasteiger partial charge < -0.3 is 15.7 Å². The molecule has 1 aromatic carbocycles. The van der Waals surface area contributed by atoms with E-state index in [1.807, 2.05) is 30.3 Å². The highest BCUT2D eigenvalue weighted by molar-refractivity contribution is 7.80. The van der Waals surface area contributed by atoms with Crippen molar-refractivity contribution in [1.82, 2.24) is 4.90 Å². The standard InChI is InChI=1S/C15H20N2O2S/c16-14(20)13(9-11-5-2-1-3-6-11)15(19)17-8-4-7-12(17)10-18/h1-3,5-6,12-13,18H,4,7-10H2,(H2,16,20). The van der Waals surface area contributed by atoms with Crippen LogP contribution in [0.25, 0.3) is 0 Å². The molecule has 3 N–H and O–H groups in total. The summed E-state index contributed by atoms with van der Waals surface area (Å²) in [5.41, 5.74) is 6.80. The zero-order chi connectivity index (χ0) is 14.5. The van der Waals surface area contributed by atoms with E-state index in [9.17, 15) is 9.90 Å². The lowest BCUT2D eigenvalue weighted by atomic mass is 9.97. The normalized spacial score (nSPS) is 19.9. The molecule has 0 aromatic heterocycles. The third kappa shape index (κ3) is 3.35. The van der Waals surface area contributed by atoms with Crippen LogP contribution < -0.4 is 5.73 Å². The van der Waals surface area contributed by atoms with E-state index < -0.39 is 5.92 Å². The van der Waals surface area contributed by atoms with Gasteiger partial charge in [-0.3, -0.25) is 4.79 Å². The Morgan fingerprint density at radius 2 is 2.15 bits per heavy atom. The monoisotopic (exact) mass is 292 g/mol. The number of carbonyl (C=O) groups is 1. The maximum atomic E-state index is 12.6. The molecule has 1 fully saturated rings. The van der Waals surface area contributed by atoms with E-state index in [0.29, 0.717) is 13.0 Å². The molecule has 20 heavy (non-hydrogen) atoms. The predicted octanol–water partition coefficient (Wildman–Crippen LogP) is 1.11. The highest BCUT2D eigenvalue weighted by atomic mass is 32.1. The maximum Gasteiger partial charge on any atom is 0.233 e. The van der Waals surface area contributed by atoms with E-state index in [1.54, 1.807) is 4.90 Å². The van der Waals surface area contributed by atoms with Crippen molar-refractivity contribution < 1.29 is 9.90 Å². The van der Waals surface area contributed by atoms with Crippen molar-refractivity contribution >= 4 is 23.1 Å². The Bertz CT molecular complexity index is 478. The summed E-state index contributed by atoms with van der Waals surface area (Å²) in [6.07, 6.45) is 2.29. The number of aliphatic hydroxyl groups excluding tert-OH is 1. The number of nitrogens with zero attached hydrogens (tertiary/aromatic N) is 1. The largest absolute Gasteiger partial charge is 0.394 e. The number of hydrogen-bond donors (Lipinski definition) is 2. The molecule has 2 atom stereocenters. The fourth-order valence-electron chi connectivity index (χ4n) is 2.68. The molecular formula is C15H20N2O2S. The summed E-state index contributed by atoms with van der Waals surface area (Å²) in [6.45, 7) is 0.680. The highest BCUT2D eigenvalue weighted by Gasteiger charge is 2.33. The van der Waals surface area contributed by atoms with E-state index in [0.717, 1.165) is 18.4 Å². The smallest absolute Gasteiger partial charge is 0.233 e. The van der Waals surface area contributed by atoms with E-state index in [4.69, 9.17) is 18.0 Å². The van der Waals surface area contributed by atoms with Crippen molar-refractivity contribution in [2.75, 3.05) is 13.2 Å². The number of thiocarbonyl (C=S) groups is 1. The van der Waals surface area contributed by atoms with Crippen molar-refractivity contribution in [1.29, 1.82) is 0 Å². The minimum Gasteiger partial charge on any atom is -0.394 e. The summed E-state index contributed by atoms with van der Waals surface area (Å²) < 4.78 is 0. The predicted molar refractivity (Wildman–Crippen MR) is 82.2 cm³/mol. The van der Waals surface area contributed by atoms with Crippen LogP contribution in [0.5, 0.6) is 0 Å². The van der Waals surface area contributed by atoms with Crippen LogP contribution in [-0.2, 0) is 11.2 Å². The second kappa shape index (κ2) is 6.81. The van der Waals surface area contributed by atoms with Crippen LogP contribution >= 0.6 is 12.2 Å². The number of aliphatic hydroxyl groups is 1. The average Bonchev–Trinajstić information content (AvgIpc) is 2.93. The summed E-state index contributed by atoms with van der Waals surface area (Å²) in [7, 11) is 0. The third-order valence-electron chi connectivity index (χ3n) is 3.80. The first-order valence-corrected chi connectivity index (χ1v) is 7.29. The van der Waals surface area contributed by atoms with E-state index in [1.165, 1.54) is 0 Å². The molecule has 1 aliphatic rings. The van der Waals surface area contributed by atoms with Gasteiger partial charge in [-0.15, -0.1) is 0 Å². The summed E-state index contributed by atoms with van der Waals surface area (Å²) in [4.78, 5) is 14.6. The highest BCUT2D eigenvalue weighted by Crippen LogP contribution is 2.21. The van der Waals surface area contributed by atoms with Crippen molar-refractivity contribution in [3.05, 3.63) is 35.9 Å². The van der Waals surface area contributed by atoms with E-state index >= 15 is 0 Å². The summed E-state index contributed by atoms with van der Waals surface area (Å²) in [6, 6.07) is 9.64. The SMILES string of the molecule is NC(=S)C(Cc1ccccc1)C(=O)N1CCCC1CO. The molecular weight excluding hydrogens is 272 g/mol. The van der Waals surface area contributed by atoms with Crippen LogP contribution in [0, 0.1) is 5.92 Å². The number of likely N-dealkylation sites (tertiary alicyclic amines) is 1. The van der Waals surface area contributed by atoms with Crippen LogP contribution in [0.4, 0.5) is 0 Å². The minimum atomic E-state index is -0.487. The Balaban J connectivity index is 2.12. The Morgan fingerprint density at radius 1 is 1.45 bits per heavy atom. The van der Waals surface area contributed by atoms with Gasteiger partial charge in [-0.05, 0) is 24.8 Å². The summed E-state index contributed by atoms with van der Waals surface area (Å²) in [5, 5.41) is 9.34. The van der Waals surface area contributed by atoms with Gasteiger partial charge in [-0.2, -0.15) is 0 Å². The minimum absolute atomic E-state index is 0.00112. The van der Waals surface area contributed by atoms with Gasteiger partial charge in [0, 0.05) is 6.54 Å². The van der Waals surface area contributed by atoms with Gasteiger partial charge >= 0.3 is 0 Å². The quantitative estimate of drug-likeness (QED) is 0.798. The second-order valence-electron chi connectivity index (χ2n) is 5.15. The molecule has 108 valence electrons. The Labute approximate surface area is 124 Å². The molecule has 0 bridgehead atoms. The van der Waals surface area contributed by atoms with E-state index in [-0.39, 0.29) is 23.5 Å². The van der Waals surface area contributed by atoms with Gasteiger partial charge in [0.05, 0.1) is 23.6 Å². The lowest BCUT2D eigenvalue weighted by molar-refractivity contribution is -0.134. The number of amides is 1. The Kier molecular flexibility index (Phi) is 5.09. The van der Waals surface area contributed by atoms with Crippen molar-refractivity contribution in [2.24, 2.45) is 11.7 Å². The van der Waals surface area contributed by atoms with Crippen LogP contribution in [-0.4, -0.2) is 40.1 Å². The van der Waals surface area contributed by atoms with Gasteiger partial charge in [-0.1, -0.05) is 42.5 Å². The van der Waals surface area contributed by atoms with Gasteiger partial charge in [0.15, 0.2) is 0 Å². The zero-order valence-electron chi connectivity index (χ0n) is 11.4. The van der Waals surface area contributed by atoms with Gasteiger partial charge in [-0.25, -0.2) is 0 Å². The van der Waals surface area contributed by atoms with E-state index in [2.05, 4.69) is 0 Å². The van der Waals surface area contributed by atoms with Gasteiger partial charge in [0.25, 0.3) is 0 Å². The van der Waals surface area contributed by atoms with Crippen LogP contribution in [0.15, 0.2) is 30.3 Å². The number of rotatable bonds is 5. The molecule has 0 saturated carbocycles. The van der Waals surface area contributed by atoms with Gasteiger partial charge in [0.2, 0.25) is 5.91 Å². The fourth-order valence-corrected chi connectivity index (χ4v) is 2.86. The Morgan fingerprint density at radius 3 is 2.75 bits per heavy atom. The second-order valence-corrected chi connectivity index (χ2v) is 5.63. The zero-order valence-corrected chi connectivity index (χ0v) is 12.2. The summed E-state index contributed by atoms with van der Waals surface area (Å²) >= 11 is 5.07. The number of benzene rings is 1. The molecule has 2 unspecified atom stereocenters. The molecule has 5 heteroatoms. The fraction of sp³-hybridized carbons (Fsp3) is 0.467. The maximum absolute atomic E-state index is 12.6. The van der Waals surface area contributed by atoms with Crippen molar-refractivity contribution in [3.63, 3.8) is 0 Å². The van der Waals surface area contributed by atoms with Crippen LogP contribution in [0.2, 0.25) is 0 Å². The van der Waals surface area contributed by atoms with Crippen LogP contribution in [0.1, 0.15) is 18.4 Å². The lowest BCUT2D eigenvalue weighted by Gasteiger charge is -2.27. The first-order valence-electron chi connectivity index (χ1n) is 6.88. The molecule has 1 aromatic rings. The number of hydrogen-bond acceptors (Lipinski definition) is 3. The average molecular weight is 292 g/mol. The third-order valence-corrected chi connectivity index (χ3v) is 4.08. The molecule has 4 nitrogen and oxygen atoms in total. The molecule has 0 spiro atoms. The first-order chi connectivity index (χ1) is 9.63. The molecule has 0 aliphatic carbocycles. The first kappa shape index (κ1) is 14.9. The number of nitrogens with two attached hydrogens (primary N) is 1. The summed E-state index contributed by atoms with van der Waals surface area (Å²) in [5.74, 6) is -0.544. The lowest BCUT2D eigenvalue weighted by Crippen LogP contribution is -2.45. The molecule has 1 saturated heterocycles. The molecule has 2 rings (SSSR count). The van der Waals surface area contributed by atoms with Crippen LogP contribution in [0.3, 0.4) is 0 Å². The molecule has 1 aliphatic heterocycles. The number of carbonyl (C=O) groups excluding carboxylic acids is 1. The topological polar surface area (TPSA) is 66.6 Å². The Hall–Kier alpha value is -1.46.